The summed E-state index contributed by atoms with van der Waals surface area (Å²) in [6.07, 6.45) is 1.86. The molecule has 0 fully saturated rings. The maximum Gasteiger partial charge on any atom is 0.212 e. The first-order chi connectivity index (χ1) is 7.63. The van der Waals surface area contributed by atoms with E-state index < -0.39 is 0 Å². The van der Waals surface area contributed by atoms with Gasteiger partial charge in [-0.2, -0.15) is 5.10 Å². The molecule has 0 aliphatic rings. The molecule has 0 radical (unpaired) electrons. The Labute approximate surface area is 109 Å². The fourth-order valence-electron chi connectivity index (χ4n) is 1.44. The van der Waals surface area contributed by atoms with Gasteiger partial charge in [0, 0.05) is 5.56 Å². The monoisotopic (exact) mass is 289 g/mol. The molecule has 0 amide bonds. The van der Waals surface area contributed by atoms with Crippen LogP contribution >= 0.6 is 45.9 Å². The predicted octanol–water partition coefficient (Wildman–Crippen LogP) is 4.13. The fourth-order valence-corrected chi connectivity index (χ4v) is 3.65. The molecule has 3 rings (SSSR count). The number of aryl methyl sites for hydroxylation is 1. The number of hydrogen-bond donors (Lipinski definition) is 0. The summed E-state index contributed by atoms with van der Waals surface area (Å²) < 4.78 is 3.09. The molecule has 0 saturated carbocycles. The largest absolute Gasteiger partial charge is 0.217 e. The van der Waals surface area contributed by atoms with E-state index in [2.05, 4.69) is 10.1 Å². The molecule has 0 aliphatic heterocycles. The van der Waals surface area contributed by atoms with E-state index in [1.165, 1.54) is 11.3 Å². The molecule has 0 saturated heterocycles. The van der Waals surface area contributed by atoms with Gasteiger partial charge >= 0.3 is 0 Å². The first-order valence-corrected chi connectivity index (χ1v) is 6.80. The van der Waals surface area contributed by atoms with Crippen LogP contribution in [0.1, 0.15) is 5.01 Å². The molecule has 0 unspecified atom stereocenters. The molecule has 0 N–H and O–H groups in total. The van der Waals surface area contributed by atoms with E-state index in [1.54, 1.807) is 15.9 Å². The highest BCUT2D eigenvalue weighted by Crippen LogP contribution is 2.37. The highest BCUT2D eigenvalue weighted by atomic mass is 35.5. The van der Waals surface area contributed by atoms with Gasteiger partial charge in [0.1, 0.15) is 9.34 Å². The Morgan fingerprint density at radius 2 is 2.12 bits per heavy atom. The fraction of sp³-hybridized carbons (Fsp3) is 0.111. The number of nitrogens with zero attached hydrogens (tertiary/aromatic N) is 3. The minimum Gasteiger partial charge on any atom is -0.217 e. The van der Waals surface area contributed by atoms with E-state index in [9.17, 15) is 0 Å². The Hall–Kier alpha value is -0.620. The quantitative estimate of drug-likeness (QED) is 0.674. The third-order valence-corrected chi connectivity index (χ3v) is 4.40. The molecule has 0 bridgehead atoms. The van der Waals surface area contributed by atoms with E-state index in [0.717, 1.165) is 21.2 Å². The zero-order chi connectivity index (χ0) is 11.3. The van der Waals surface area contributed by atoms with Crippen LogP contribution in [0, 0.1) is 6.92 Å². The van der Waals surface area contributed by atoms with Crippen LogP contribution in [0.3, 0.4) is 0 Å². The minimum atomic E-state index is 0.660. The van der Waals surface area contributed by atoms with Gasteiger partial charge in [0.2, 0.25) is 4.96 Å². The summed E-state index contributed by atoms with van der Waals surface area (Å²) >= 11 is 14.9. The average Bonchev–Trinajstić information content (AvgIpc) is 2.78. The van der Waals surface area contributed by atoms with Gasteiger partial charge in [0.05, 0.1) is 16.2 Å². The lowest BCUT2D eigenvalue weighted by Gasteiger charge is -1.89. The van der Waals surface area contributed by atoms with Crippen LogP contribution in [0.2, 0.25) is 8.67 Å². The number of imidazole rings is 1. The lowest BCUT2D eigenvalue weighted by molar-refractivity contribution is 0.946. The van der Waals surface area contributed by atoms with Crippen molar-refractivity contribution in [3.8, 4) is 11.3 Å². The molecular formula is C9H5Cl2N3S2. The van der Waals surface area contributed by atoms with Crippen molar-refractivity contribution in [3.05, 3.63) is 25.9 Å². The van der Waals surface area contributed by atoms with Crippen molar-refractivity contribution in [2.24, 2.45) is 0 Å². The van der Waals surface area contributed by atoms with Crippen molar-refractivity contribution < 1.29 is 0 Å². The van der Waals surface area contributed by atoms with Crippen LogP contribution in [0.4, 0.5) is 0 Å². The van der Waals surface area contributed by atoms with E-state index in [4.69, 9.17) is 23.2 Å². The van der Waals surface area contributed by atoms with Gasteiger partial charge < -0.3 is 0 Å². The lowest BCUT2D eigenvalue weighted by atomic mass is 10.3. The Morgan fingerprint density at radius 1 is 1.31 bits per heavy atom. The molecule has 3 aromatic rings. The van der Waals surface area contributed by atoms with Gasteiger partial charge in [0.15, 0.2) is 0 Å². The molecule has 82 valence electrons. The standard InChI is InChI=1S/C9H5Cl2N3S2/c1-4-13-14-3-6(12-9(14)15-4)5-2-7(10)16-8(5)11/h2-3H,1H3. The first kappa shape index (κ1) is 10.5. The van der Waals surface area contributed by atoms with Crippen LogP contribution in [0.25, 0.3) is 16.2 Å². The third-order valence-electron chi connectivity index (χ3n) is 2.08. The molecule has 16 heavy (non-hydrogen) atoms. The van der Waals surface area contributed by atoms with E-state index >= 15 is 0 Å². The number of thiophene rings is 1. The highest BCUT2D eigenvalue weighted by molar-refractivity contribution is 7.20. The normalized spacial score (nSPS) is 11.4. The van der Waals surface area contributed by atoms with E-state index in [0.29, 0.717) is 8.67 Å². The number of aromatic nitrogens is 3. The van der Waals surface area contributed by atoms with Crippen LogP contribution in [-0.2, 0) is 0 Å². The molecule has 0 aliphatic carbocycles. The Morgan fingerprint density at radius 3 is 2.75 bits per heavy atom. The number of halogens is 2. The van der Waals surface area contributed by atoms with Crippen molar-refractivity contribution in [1.29, 1.82) is 0 Å². The van der Waals surface area contributed by atoms with Crippen molar-refractivity contribution in [2.75, 3.05) is 0 Å². The van der Waals surface area contributed by atoms with Gasteiger partial charge in [-0.05, 0) is 13.0 Å². The van der Waals surface area contributed by atoms with Gasteiger partial charge in [-0.3, -0.25) is 0 Å². The second-order valence-corrected chi connectivity index (χ2v) is 6.66. The second kappa shape index (κ2) is 3.70. The van der Waals surface area contributed by atoms with Crippen LogP contribution in [0.15, 0.2) is 12.3 Å². The van der Waals surface area contributed by atoms with Crippen molar-refractivity contribution >= 4 is 50.8 Å². The lowest BCUT2D eigenvalue weighted by Crippen LogP contribution is -1.79. The predicted molar refractivity (Wildman–Crippen MR) is 68.9 cm³/mol. The molecule has 3 heterocycles. The zero-order valence-corrected chi connectivity index (χ0v) is 11.2. The summed E-state index contributed by atoms with van der Waals surface area (Å²) in [5.41, 5.74) is 1.68. The summed E-state index contributed by atoms with van der Waals surface area (Å²) in [6, 6.07) is 1.83. The number of fused-ring (bicyclic) bond motifs is 1. The summed E-state index contributed by atoms with van der Waals surface area (Å²) in [7, 11) is 0. The van der Waals surface area contributed by atoms with Crippen LogP contribution in [0.5, 0.6) is 0 Å². The molecule has 3 nitrogen and oxygen atoms in total. The minimum absolute atomic E-state index is 0.660. The summed E-state index contributed by atoms with van der Waals surface area (Å²) in [5.74, 6) is 0. The topological polar surface area (TPSA) is 30.2 Å². The molecule has 7 heteroatoms. The van der Waals surface area contributed by atoms with Crippen molar-refractivity contribution in [3.63, 3.8) is 0 Å². The Bertz CT molecular complexity index is 636. The maximum absolute atomic E-state index is 6.07. The van der Waals surface area contributed by atoms with E-state index in [1.807, 2.05) is 19.2 Å². The Kier molecular flexibility index (Phi) is 2.43. The first-order valence-electron chi connectivity index (χ1n) is 4.41. The van der Waals surface area contributed by atoms with Gasteiger partial charge in [-0.1, -0.05) is 34.5 Å². The average molecular weight is 290 g/mol. The van der Waals surface area contributed by atoms with Crippen LogP contribution in [-0.4, -0.2) is 14.6 Å². The molecular weight excluding hydrogens is 285 g/mol. The third kappa shape index (κ3) is 1.64. The Balaban J connectivity index is 2.18. The smallest absolute Gasteiger partial charge is 0.212 e. The van der Waals surface area contributed by atoms with Crippen molar-refractivity contribution in [2.45, 2.75) is 6.92 Å². The highest BCUT2D eigenvalue weighted by Gasteiger charge is 2.13. The summed E-state index contributed by atoms with van der Waals surface area (Å²) in [5, 5.41) is 5.29. The number of rotatable bonds is 1. The molecule has 0 spiro atoms. The number of hydrogen-bond acceptors (Lipinski definition) is 4. The zero-order valence-electron chi connectivity index (χ0n) is 8.07. The molecule has 0 atom stereocenters. The van der Waals surface area contributed by atoms with E-state index in [-0.39, 0.29) is 0 Å². The van der Waals surface area contributed by atoms with Crippen LogP contribution < -0.4 is 0 Å². The maximum atomic E-state index is 6.07. The SMILES string of the molecule is Cc1nn2cc(-c3cc(Cl)sc3Cl)nc2s1. The second-order valence-electron chi connectivity index (χ2n) is 3.21. The van der Waals surface area contributed by atoms with Gasteiger partial charge in [-0.25, -0.2) is 9.50 Å². The van der Waals surface area contributed by atoms with Crippen molar-refractivity contribution in [1.82, 2.24) is 14.6 Å². The molecule has 3 aromatic heterocycles. The van der Waals surface area contributed by atoms with Gasteiger partial charge in [-0.15, -0.1) is 11.3 Å². The summed E-state index contributed by atoms with van der Waals surface area (Å²) in [4.78, 5) is 5.33. The van der Waals surface area contributed by atoms with Gasteiger partial charge in [0.25, 0.3) is 0 Å². The summed E-state index contributed by atoms with van der Waals surface area (Å²) in [6.45, 7) is 1.95. The molecule has 0 aromatic carbocycles.